The van der Waals surface area contributed by atoms with Crippen molar-refractivity contribution in [2.75, 3.05) is 19.6 Å². The molecule has 0 aliphatic heterocycles. The lowest BCUT2D eigenvalue weighted by Crippen LogP contribution is -2.40. The molecule has 0 atom stereocenters. The van der Waals surface area contributed by atoms with Gasteiger partial charge in [-0.15, -0.1) is 0 Å². The molecule has 0 aromatic rings. The van der Waals surface area contributed by atoms with Gasteiger partial charge >= 0.3 is 0 Å². The molecule has 0 radical (unpaired) electrons. The van der Waals surface area contributed by atoms with Crippen molar-refractivity contribution in [3.05, 3.63) is 0 Å². The molecule has 2 fully saturated rings. The Morgan fingerprint density at radius 1 is 1.20 bits per heavy atom. The standard InChI is InChI=1S/C13H26N2/c1-2-13(7-3-8-13)11-14-9-4-10-15-12-5-6-12/h12,14-15H,2-11H2,1H3. The van der Waals surface area contributed by atoms with Crippen LogP contribution in [0.5, 0.6) is 0 Å². The topological polar surface area (TPSA) is 24.1 Å². The van der Waals surface area contributed by atoms with Gasteiger partial charge < -0.3 is 10.6 Å². The van der Waals surface area contributed by atoms with E-state index < -0.39 is 0 Å². The molecule has 2 heteroatoms. The van der Waals surface area contributed by atoms with E-state index in [-0.39, 0.29) is 0 Å². The van der Waals surface area contributed by atoms with Crippen LogP contribution in [0, 0.1) is 5.41 Å². The molecule has 15 heavy (non-hydrogen) atoms. The molecule has 2 aliphatic carbocycles. The van der Waals surface area contributed by atoms with Gasteiger partial charge in [0.05, 0.1) is 0 Å². The molecular weight excluding hydrogens is 184 g/mol. The summed E-state index contributed by atoms with van der Waals surface area (Å²) in [5.41, 5.74) is 0.684. The van der Waals surface area contributed by atoms with Gasteiger partial charge in [0, 0.05) is 12.6 Å². The van der Waals surface area contributed by atoms with Crippen molar-refractivity contribution in [3.63, 3.8) is 0 Å². The van der Waals surface area contributed by atoms with Crippen molar-refractivity contribution in [1.82, 2.24) is 10.6 Å². The summed E-state index contributed by atoms with van der Waals surface area (Å²) < 4.78 is 0. The van der Waals surface area contributed by atoms with Gasteiger partial charge in [-0.25, -0.2) is 0 Å². The highest BCUT2D eigenvalue weighted by molar-refractivity contribution is 4.88. The molecule has 0 amide bonds. The van der Waals surface area contributed by atoms with Crippen molar-refractivity contribution < 1.29 is 0 Å². The SMILES string of the molecule is CCC1(CNCCCNC2CC2)CCC1. The maximum atomic E-state index is 3.63. The van der Waals surface area contributed by atoms with Gasteiger partial charge in [-0.2, -0.15) is 0 Å². The third-order valence-electron chi connectivity index (χ3n) is 4.20. The van der Waals surface area contributed by atoms with Crippen LogP contribution in [0.2, 0.25) is 0 Å². The number of hydrogen-bond acceptors (Lipinski definition) is 2. The van der Waals surface area contributed by atoms with Gasteiger partial charge in [0.25, 0.3) is 0 Å². The first-order valence-electron chi connectivity index (χ1n) is 6.79. The average molecular weight is 210 g/mol. The molecule has 0 aromatic heterocycles. The van der Waals surface area contributed by atoms with Gasteiger partial charge in [-0.3, -0.25) is 0 Å². The predicted octanol–water partition coefficient (Wildman–Crippen LogP) is 2.30. The summed E-state index contributed by atoms with van der Waals surface area (Å²) in [6.07, 6.45) is 9.84. The summed E-state index contributed by atoms with van der Waals surface area (Å²) in [5.74, 6) is 0. The minimum absolute atomic E-state index is 0.684. The minimum atomic E-state index is 0.684. The zero-order valence-corrected chi connectivity index (χ0v) is 10.1. The van der Waals surface area contributed by atoms with Crippen molar-refractivity contribution in [2.45, 2.75) is 57.9 Å². The first-order valence-corrected chi connectivity index (χ1v) is 6.79. The maximum absolute atomic E-state index is 3.63. The van der Waals surface area contributed by atoms with Crippen LogP contribution in [-0.2, 0) is 0 Å². The summed E-state index contributed by atoms with van der Waals surface area (Å²) in [6.45, 7) is 6.00. The molecule has 0 heterocycles. The van der Waals surface area contributed by atoms with Crippen LogP contribution in [0.3, 0.4) is 0 Å². The Morgan fingerprint density at radius 3 is 2.53 bits per heavy atom. The lowest BCUT2D eigenvalue weighted by Gasteiger charge is -2.41. The van der Waals surface area contributed by atoms with E-state index in [9.17, 15) is 0 Å². The van der Waals surface area contributed by atoms with Crippen molar-refractivity contribution in [3.8, 4) is 0 Å². The fourth-order valence-electron chi connectivity index (χ4n) is 2.49. The van der Waals surface area contributed by atoms with Crippen LogP contribution >= 0.6 is 0 Å². The van der Waals surface area contributed by atoms with Gasteiger partial charge in [0.2, 0.25) is 0 Å². The van der Waals surface area contributed by atoms with Gasteiger partial charge in [-0.05, 0) is 57.0 Å². The smallest absolute Gasteiger partial charge is 0.00682 e. The Hall–Kier alpha value is -0.0800. The fraction of sp³-hybridized carbons (Fsp3) is 1.00. The second-order valence-electron chi connectivity index (χ2n) is 5.47. The molecule has 2 N–H and O–H groups in total. The first kappa shape index (κ1) is 11.4. The summed E-state index contributed by atoms with van der Waals surface area (Å²) in [6, 6.07) is 0.874. The molecule has 0 bridgehead atoms. The van der Waals surface area contributed by atoms with Crippen molar-refractivity contribution in [2.24, 2.45) is 5.41 Å². The van der Waals surface area contributed by atoms with Crippen LogP contribution in [0.25, 0.3) is 0 Å². The highest BCUT2D eigenvalue weighted by Gasteiger charge is 2.34. The van der Waals surface area contributed by atoms with Crippen LogP contribution in [0.15, 0.2) is 0 Å². The quantitative estimate of drug-likeness (QED) is 0.601. The first-order chi connectivity index (χ1) is 7.35. The molecule has 2 saturated carbocycles. The monoisotopic (exact) mass is 210 g/mol. The molecule has 2 aliphatic rings. The lowest BCUT2D eigenvalue weighted by molar-refractivity contribution is 0.124. The van der Waals surface area contributed by atoms with E-state index in [0.29, 0.717) is 5.41 Å². The average Bonchev–Trinajstić information content (AvgIpc) is 2.98. The maximum Gasteiger partial charge on any atom is 0.00682 e. The van der Waals surface area contributed by atoms with Crippen molar-refractivity contribution in [1.29, 1.82) is 0 Å². The van der Waals surface area contributed by atoms with Crippen LogP contribution < -0.4 is 10.6 Å². The summed E-state index contributed by atoms with van der Waals surface area (Å²) in [4.78, 5) is 0. The van der Waals surface area contributed by atoms with E-state index in [1.807, 2.05) is 0 Å². The Balaban J connectivity index is 1.43. The molecule has 0 spiro atoms. The number of hydrogen-bond donors (Lipinski definition) is 2. The molecule has 2 nitrogen and oxygen atoms in total. The van der Waals surface area contributed by atoms with E-state index >= 15 is 0 Å². The summed E-state index contributed by atoms with van der Waals surface area (Å²) in [7, 11) is 0. The van der Waals surface area contributed by atoms with E-state index in [1.165, 1.54) is 64.6 Å². The molecule has 0 aromatic carbocycles. The van der Waals surface area contributed by atoms with Gasteiger partial charge in [0.15, 0.2) is 0 Å². The highest BCUT2D eigenvalue weighted by Crippen LogP contribution is 2.42. The highest BCUT2D eigenvalue weighted by atomic mass is 15.0. The number of nitrogens with one attached hydrogen (secondary N) is 2. The lowest BCUT2D eigenvalue weighted by atomic mass is 9.67. The molecular formula is C13H26N2. The second kappa shape index (κ2) is 5.31. The largest absolute Gasteiger partial charge is 0.316 e. The van der Waals surface area contributed by atoms with E-state index in [2.05, 4.69) is 17.6 Å². The van der Waals surface area contributed by atoms with Gasteiger partial charge in [-0.1, -0.05) is 13.3 Å². The fourth-order valence-corrected chi connectivity index (χ4v) is 2.49. The Kier molecular flexibility index (Phi) is 4.04. The third-order valence-corrected chi connectivity index (χ3v) is 4.20. The van der Waals surface area contributed by atoms with Gasteiger partial charge in [0.1, 0.15) is 0 Å². The molecule has 0 unspecified atom stereocenters. The summed E-state index contributed by atoms with van der Waals surface area (Å²) >= 11 is 0. The van der Waals surface area contributed by atoms with E-state index in [4.69, 9.17) is 0 Å². The summed E-state index contributed by atoms with van der Waals surface area (Å²) in [5, 5.41) is 7.19. The normalized spacial score (nSPS) is 23.8. The van der Waals surface area contributed by atoms with E-state index in [1.54, 1.807) is 0 Å². The Morgan fingerprint density at radius 2 is 2.00 bits per heavy atom. The zero-order valence-electron chi connectivity index (χ0n) is 10.1. The molecule has 0 saturated heterocycles. The third kappa shape index (κ3) is 3.46. The van der Waals surface area contributed by atoms with Crippen LogP contribution in [0.4, 0.5) is 0 Å². The van der Waals surface area contributed by atoms with Crippen molar-refractivity contribution >= 4 is 0 Å². The van der Waals surface area contributed by atoms with Crippen LogP contribution in [-0.4, -0.2) is 25.7 Å². The van der Waals surface area contributed by atoms with E-state index in [0.717, 1.165) is 6.04 Å². The second-order valence-corrected chi connectivity index (χ2v) is 5.47. The predicted molar refractivity (Wildman–Crippen MR) is 65.1 cm³/mol. The van der Waals surface area contributed by atoms with Crippen LogP contribution in [0.1, 0.15) is 51.9 Å². The zero-order chi connectivity index (χ0) is 10.6. The Labute approximate surface area is 94.2 Å². The minimum Gasteiger partial charge on any atom is -0.316 e. The molecule has 88 valence electrons. The number of rotatable bonds is 8. The Bertz CT molecular complexity index is 177. The molecule has 2 rings (SSSR count).